The van der Waals surface area contributed by atoms with Gasteiger partial charge in [-0.25, -0.2) is 0 Å². The minimum absolute atomic E-state index is 0.0255. The van der Waals surface area contributed by atoms with Crippen LogP contribution in [-0.4, -0.2) is 24.3 Å². The fourth-order valence-corrected chi connectivity index (χ4v) is 3.12. The predicted molar refractivity (Wildman–Crippen MR) is 92.5 cm³/mol. The van der Waals surface area contributed by atoms with Crippen LogP contribution in [0, 0.1) is 0 Å². The summed E-state index contributed by atoms with van der Waals surface area (Å²) in [5.74, 6) is -0.0289. The maximum atomic E-state index is 12.3. The Hall–Kier alpha value is -1.68. The number of carbonyl (C=O) groups excluding carboxylic acids is 2. The summed E-state index contributed by atoms with van der Waals surface area (Å²) in [5.41, 5.74) is 9.07. The van der Waals surface area contributed by atoms with Gasteiger partial charge in [0.1, 0.15) is 0 Å². The van der Waals surface area contributed by atoms with E-state index in [2.05, 4.69) is 18.3 Å². The molecule has 0 heterocycles. The third-order valence-corrected chi connectivity index (χ3v) is 4.56. The summed E-state index contributed by atoms with van der Waals surface area (Å²) >= 11 is 0. The zero-order chi connectivity index (χ0) is 16.7. The second-order valence-corrected chi connectivity index (χ2v) is 6.40. The van der Waals surface area contributed by atoms with Gasteiger partial charge in [0.15, 0.2) is 5.78 Å². The van der Waals surface area contributed by atoms with Crippen LogP contribution in [0.1, 0.15) is 66.9 Å². The van der Waals surface area contributed by atoms with Crippen LogP contribution in [0.3, 0.4) is 0 Å². The molecular formula is C19H28N2O2. The third kappa shape index (κ3) is 5.17. The minimum Gasteiger partial charge on any atom is -0.352 e. The summed E-state index contributed by atoms with van der Waals surface area (Å²) in [7, 11) is 0. The maximum Gasteiger partial charge on any atom is 0.220 e. The Kier molecular flexibility index (Phi) is 6.78. The number of nitrogens with two attached hydrogens (primary N) is 1. The number of hydrogen-bond acceptors (Lipinski definition) is 3. The van der Waals surface area contributed by atoms with E-state index in [-0.39, 0.29) is 30.6 Å². The molecule has 3 N–H and O–H groups in total. The first-order valence-corrected chi connectivity index (χ1v) is 8.78. The Labute approximate surface area is 138 Å². The van der Waals surface area contributed by atoms with Crippen LogP contribution in [0.15, 0.2) is 18.2 Å². The van der Waals surface area contributed by atoms with Crippen molar-refractivity contribution in [2.24, 2.45) is 5.73 Å². The lowest BCUT2D eigenvalue weighted by Crippen LogP contribution is -2.40. The van der Waals surface area contributed by atoms with Gasteiger partial charge in [-0.2, -0.15) is 0 Å². The molecular weight excluding hydrogens is 288 g/mol. The van der Waals surface area contributed by atoms with Crippen molar-refractivity contribution in [2.45, 2.75) is 64.3 Å². The van der Waals surface area contributed by atoms with Crippen molar-refractivity contribution in [3.05, 3.63) is 34.9 Å². The first-order valence-electron chi connectivity index (χ1n) is 8.78. The molecule has 2 rings (SSSR count). The summed E-state index contributed by atoms with van der Waals surface area (Å²) in [6.07, 6.45) is 6.88. The van der Waals surface area contributed by atoms with Gasteiger partial charge in [0.25, 0.3) is 0 Å². The fraction of sp³-hybridized carbons (Fsp3) is 0.579. The molecule has 0 aliphatic heterocycles. The molecule has 1 aromatic carbocycles. The van der Waals surface area contributed by atoms with E-state index in [4.69, 9.17) is 5.73 Å². The lowest BCUT2D eigenvalue weighted by Gasteiger charge is -2.16. The van der Waals surface area contributed by atoms with E-state index in [9.17, 15) is 9.59 Å². The lowest BCUT2D eigenvalue weighted by molar-refractivity contribution is -0.121. The summed E-state index contributed by atoms with van der Waals surface area (Å²) < 4.78 is 0. The van der Waals surface area contributed by atoms with Crippen molar-refractivity contribution in [2.75, 3.05) is 6.54 Å². The molecule has 0 spiro atoms. The van der Waals surface area contributed by atoms with Crippen LogP contribution in [0.25, 0.3) is 0 Å². The van der Waals surface area contributed by atoms with E-state index in [1.165, 1.54) is 17.5 Å². The molecule has 1 aliphatic carbocycles. The number of nitrogens with one attached hydrogen (secondary N) is 1. The van der Waals surface area contributed by atoms with Crippen LogP contribution in [0.2, 0.25) is 0 Å². The molecule has 0 aromatic heterocycles. The molecule has 1 unspecified atom stereocenters. The van der Waals surface area contributed by atoms with Crippen LogP contribution in [0.5, 0.6) is 0 Å². The van der Waals surface area contributed by atoms with Crippen LogP contribution in [-0.2, 0) is 17.6 Å². The van der Waals surface area contributed by atoms with Crippen molar-refractivity contribution >= 4 is 11.7 Å². The van der Waals surface area contributed by atoms with Gasteiger partial charge in [0.2, 0.25) is 5.91 Å². The van der Waals surface area contributed by atoms with E-state index in [0.717, 1.165) is 37.7 Å². The largest absolute Gasteiger partial charge is 0.352 e. The fourth-order valence-electron chi connectivity index (χ4n) is 3.12. The summed E-state index contributed by atoms with van der Waals surface area (Å²) in [6.45, 7) is 2.56. The molecule has 0 bridgehead atoms. The number of unbranched alkanes of at least 4 members (excludes halogenated alkanes) is 1. The Morgan fingerprint density at radius 1 is 1.22 bits per heavy atom. The molecule has 0 fully saturated rings. The highest BCUT2D eigenvalue weighted by Crippen LogP contribution is 2.23. The molecule has 0 radical (unpaired) electrons. The summed E-state index contributed by atoms with van der Waals surface area (Å²) in [5, 5.41) is 2.93. The average Bonchev–Trinajstić information content (AvgIpc) is 3.03. The molecule has 4 nitrogen and oxygen atoms in total. The zero-order valence-electron chi connectivity index (χ0n) is 14.1. The number of aryl methyl sites for hydroxylation is 2. The molecule has 1 atom stereocenters. The highest BCUT2D eigenvalue weighted by atomic mass is 16.2. The first-order chi connectivity index (χ1) is 11.1. The number of benzene rings is 1. The second kappa shape index (κ2) is 8.82. The highest BCUT2D eigenvalue weighted by molar-refractivity contribution is 5.98. The van der Waals surface area contributed by atoms with E-state index in [0.29, 0.717) is 6.54 Å². The van der Waals surface area contributed by atoms with E-state index in [1.807, 2.05) is 12.1 Å². The van der Waals surface area contributed by atoms with Gasteiger partial charge in [-0.05, 0) is 42.9 Å². The van der Waals surface area contributed by atoms with E-state index in [1.54, 1.807) is 0 Å². The average molecular weight is 316 g/mol. The molecule has 1 amide bonds. The zero-order valence-corrected chi connectivity index (χ0v) is 14.1. The number of fused-ring (bicyclic) bond motifs is 1. The van der Waals surface area contributed by atoms with Crippen LogP contribution >= 0.6 is 0 Å². The molecule has 0 saturated carbocycles. The molecule has 0 saturated heterocycles. The Bertz CT molecular complexity index is 554. The van der Waals surface area contributed by atoms with Gasteiger partial charge in [-0.15, -0.1) is 0 Å². The van der Waals surface area contributed by atoms with Crippen LogP contribution < -0.4 is 11.1 Å². The van der Waals surface area contributed by atoms with E-state index < -0.39 is 0 Å². The topological polar surface area (TPSA) is 72.2 Å². The number of hydrogen-bond donors (Lipinski definition) is 2. The number of ketones is 1. The normalized spacial score (nSPS) is 14.3. The van der Waals surface area contributed by atoms with Crippen LogP contribution in [0.4, 0.5) is 0 Å². The van der Waals surface area contributed by atoms with E-state index >= 15 is 0 Å². The Morgan fingerprint density at radius 3 is 2.74 bits per heavy atom. The number of carbonyl (C=O) groups is 2. The van der Waals surface area contributed by atoms with Gasteiger partial charge in [0.05, 0.1) is 0 Å². The predicted octanol–water partition coefficient (Wildman–Crippen LogP) is 2.77. The van der Waals surface area contributed by atoms with Gasteiger partial charge in [-0.1, -0.05) is 31.9 Å². The molecule has 4 heteroatoms. The summed E-state index contributed by atoms with van der Waals surface area (Å²) in [6, 6.07) is 5.99. The van der Waals surface area contributed by atoms with Crippen molar-refractivity contribution < 1.29 is 9.59 Å². The van der Waals surface area contributed by atoms with Gasteiger partial charge >= 0.3 is 0 Å². The number of Topliss-reactive ketones (excluding diaryl/α,β-unsaturated/α-hetero) is 1. The van der Waals surface area contributed by atoms with Gasteiger partial charge < -0.3 is 11.1 Å². The standard InChI is InChI=1S/C19H28N2O2/c1-2-3-7-17(13-20)21-19(23)11-10-18(22)16-9-8-14-5-4-6-15(14)12-16/h8-9,12,17H,2-7,10-11,13,20H2,1H3,(H,21,23). The quantitative estimate of drug-likeness (QED) is 0.688. The third-order valence-electron chi connectivity index (χ3n) is 4.56. The van der Waals surface area contributed by atoms with Gasteiger partial charge in [-0.3, -0.25) is 9.59 Å². The van der Waals surface area contributed by atoms with Crippen molar-refractivity contribution in [3.63, 3.8) is 0 Å². The monoisotopic (exact) mass is 316 g/mol. The lowest BCUT2D eigenvalue weighted by atomic mass is 10.0. The smallest absolute Gasteiger partial charge is 0.220 e. The van der Waals surface area contributed by atoms with Crippen molar-refractivity contribution in [3.8, 4) is 0 Å². The molecule has 23 heavy (non-hydrogen) atoms. The number of rotatable bonds is 9. The molecule has 1 aromatic rings. The molecule has 126 valence electrons. The van der Waals surface area contributed by atoms with Crippen molar-refractivity contribution in [1.82, 2.24) is 5.32 Å². The Morgan fingerprint density at radius 2 is 2.00 bits per heavy atom. The van der Waals surface area contributed by atoms with Gasteiger partial charge in [0, 0.05) is 31.0 Å². The summed E-state index contributed by atoms with van der Waals surface area (Å²) in [4.78, 5) is 24.3. The first kappa shape index (κ1) is 17.7. The minimum atomic E-state index is -0.0777. The number of amides is 1. The SMILES string of the molecule is CCCCC(CN)NC(=O)CCC(=O)c1ccc2c(c1)CCC2. The highest BCUT2D eigenvalue weighted by Gasteiger charge is 2.16. The Balaban J connectivity index is 1.80. The van der Waals surface area contributed by atoms with Crippen molar-refractivity contribution in [1.29, 1.82) is 0 Å². The maximum absolute atomic E-state index is 12.3. The second-order valence-electron chi connectivity index (χ2n) is 6.40. The molecule has 1 aliphatic rings.